The van der Waals surface area contributed by atoms with Crippen molar-refractivity contribution in [2.45, 2.75) is 19.6 Å². The number of anilines is 1. The van der Waals surface area contributed by atoms with Crippen LogP contribution in [-0.2, 0) is 12.7 Å². The van der Waals surface area contributed by atoms with Crippen LogP contribution in [0.4, 0.5) is 23.5 Å². The van der Waals surface area contributed by atoms with Gasteiger partial charge < -0.3 is 10.3 Å². The molecular weight excluding hydrogens is 378 g/mol. The van der Waals surface area contributed by atoms with Gasteiger partial charge in [-0.3, -0.25) is 4.98 Å². The number of nitrogen functional groups attached to an aromatic ring is 1. The monoisotopic (exact) mass is 391 g/mol. The molecule has 0 bridgehead atoms. The highest BCUT2D eigenvalue weighted by molar-refractivity contribution is 5.92. The number of nitrogens with zero attached hydrogens (tertiary/aromatic N) is 6. The van der Waals surface area contributed by atoms with Crippen molar-refractivity contribution in [2.24, 2.45) is 0 Å². The van der Waals surface area contributed by atoms with Crippen LogP contribution < -0.4 is 5.73 Å². The second-order valence-electron chi connectivity index (χ2n) is 5.93. The predicted octanol–water partition coefficient (Wildman–Crippen LogP) is 3.44. The first-order valence-corrected chi connectivity index (χ1v) is 8.18. The Morgan fingerprint density at radius 2 is 1.93 bits per heavy atom. The van der Waals surface area contributed by atoms with Crippen molar-refractivity contribution in [1.29, 1.82) is 0 Å². The summed E-state index contributed by atoms with van der Waals surface area (Å²) in [5.41, 5.74) is 5.58. The number of alkyl halides is 3. The van der Waals surface area contributed by atoms with Crippen LogP contribution in [0.25, 0.3) is 28.1 Å². The zero-order valence-corrected chi connectivity index (χ0v) is 14.4. The molecule has 11 heteroatoms. The first-order valence-electron chi connectivity index (χ1n) is 8.18. The summed E-state index contributed by atoms with van der Waals surface area (Å²) in [7, 11) is 0. The maximum absolute atomic E-state index is 14.5. The van der Waals surface area contributed by atoms with Crippen LogP contribution in [0.1, 0.15) is 12.5 Å². The van der Waals surface area contributed by atoms with Gasteiger partial charge in [0.25, 0.3) is 0 Å². The molecule has 144 valence electrons. The Kier molecular flexibility index (Phi) is 4.02. The average Bonchev–Trinajstić information content (AvgIpc) is 3.23. The normalized spacial score (nSPS) is 12.0. The van der Waals surface area contributed by atoms with E-state index in [-0.39, 0.29) is 17.1 Å². The van der Waals surface area contributed by atoms with Gasteiger partial charge in [-0.2, -0.15) is 27.9 Å². The summed E-state index contributed by atoms with van der Waals surface area (Å²) >= 11 is 0. The third-order valence-corrected chi connectivity index (χ3v) is 4.29. The van der Waals surface area contributed by atoms with E-state index in [1.165, 1.54) is 23.4 Å². The van der Waals surface area contributed by atoms with E-state index >= 15 is 0 Å². The fourth-order valence-corrected chi connectivity index (χ4v) is 3.05. The molecule has 1 aromatic carbocycles. The Hall–Kier alpha value is -3.50. The lowest BCUT2D eigenvalue weighted by molar-refractivity contribution is -0.137. The van der Waals surface area contributed by atoms with Gasteiger partial charge in [0, 0.05) is 23.9 Å². The number of rotatable bonds is 3. The van der Waals surface area contributed by atoms with Gasteiger partial charge >= 0.3 is 6.18 Å². The first kappa shape index (κ1) is 17.9. The molecule has 0 saturated carbocycles. The van der Waals surface area contributed by atoms with Crippen LogP contribution in [-0.4, -0.2) is 29.3 Å². The number of nitrogens with two attached hydrogens (primary N) is 1. The third-order valence-electron chi connectivity index (χ3n) is 4.29. The molecule has 2 N–H and O–H groups in total. The van der Waals surface area contributed by atoms with E-state index in [0.717, 1.165) is 12.1 Å². The lowest BCUT2D eigenvalue weighted by Crippen LogP contribution is -2.10. The van der Waals surface area contributed by atoms with Gasteiger partial charge in [0.2, 0.25) is 11.9 Å². The van der Waals surface area contributed by atoms with Crippen LogP contribution in [0.5, 0.6) is 0 Å². The van der Waals surface area contributed by atoms with Gasteiger partial charge in [-0.25, -0.2) is 9.37 Å². The predicted molar refractivity (Wildman–Crippen MR) is 92.9 cm³/mol. The second kappa shape index (κ2) is 6.29. The van der Waals surface area contributed by atoms with Crippen molar-refractivity contribution in [3.63, 3.8) is 0 Å². The number of halogens is 4. The number of aromatic nitrogens is 6. The minimum Gasteiger partial charge on any atom is -0.368 e. The molecule has 0 aliphatic carbocycles. The summed E-state index contributed by atoms with van der Waals surface area (Å²) in [6.45, 7) is 2.19. The van der Waals surface area contributed by atoms with Crippen molar-refractivity contribution in [3.8, 4) is 17.1 Å². The molecule has 0 saturated heterocycles. The van der Waals surface area contributed by atoms with E-state index in [2.05, 4.69) is 20.1 Å². The van der Waals surface area contributed by atoms with Crippen LogP contribution >= 0.6 is 0 Å². The third kappa shape index (κ3) is 2.75. The lowest BCUT2D eigenvalue weighted by Gasteiger charge is -2.12. The van der Waals surface area contributed by atoms with Crippen molar-refractivity contribution in [1.82, 2.24) is 29.3 Å². The Balaban J connectivity index is 2.02. The van der Waals surface area contributed by atoms with Crippen molar-refractivity contribution in [3.05, 3.63) is 48.3 Å². The highest BCUT2D eigenvalue weighted by Gasteiger charge is 2.31. The smallest absolute Gasteiger partial charge is 0.368 e. The molecule has 0 atom stereocenters. The van der Waals surface area contributed by atoms with Gasteiger partial charge in [0.1, 0.15) is 17.7 Å². The Morgan fingerprint density at radius 3 is 2.57 bits per heavy atom. The number of hydrogen-bond donors (Lipinski definition) is 1. The number of fused-ring (bicyclic) bond motifs is 1. The quantitative estimate of drug-likeness (QED) is 0.541. The van der Waals surface area contributed by atoms with E-state index in [1.54, 1.807) is 4.57 Å². The summed E-state index contributed by atoms with van der Waals surface area (Å²) in [5, 5.41) is 4.01. The van der Waals surface area contributed by atoms with Crippen LogP contribution in [0, 0.1) is 5.82 Å². The fraction of sp³-hybridized carbons (Fsp3) is 0.176. The van der Waals surface area contributed by atoms with Gasteiger partial charge in [0.05, 0.1) is 17.3 Å². The molecule has 7 nitrogen and oxygen atoms in total. The minimum absolute atomic E-state index is 0.0877. The molecule has 0 aliphatic heterocycles. The maximum Gasteiger partial charge on any atom is 0.416 e. The number of aryl methyl sites for hydroxylation is 1. The fourth-order valence-electron chi connectivity index (χ4n) is 3.05. The zero-order chi connectivity index (χ0) is 20.1. The molecule has 0 radical (unpaired) electrons. The summed E-state index contributed by atoms with van der Waals surface area (Å²) in [4.78, 5) is 12.3. The van der Waals surface area contributed by atoms with E-state index in [9.17, 15) is 17.6 Å². The lowest BCUT2D eigenvalue weighted by atomic mass is 10.0. The van der Waals surface area contributed by atoms with Crippen LogP contribution in [0.15, 0.2) is 36.9 Å². The maximum atomic E-state index is 14.5. The highest BCUT2D eigenvalue weighted by Crippen LogP contribution is 2.36. The van der Waals surface area contributed by atoms with Crippen LogP contribution in [0.2, 0.25) is 0 Å². The summed E-state index contributed by atoms with van der Waals surface area (Å²) < 4.78 is 56.8. The average molecular weight is 391 g/mol. The van der Waals surface area contributed by atoms with Gasteiger partial charge in [-0.05, 0) is 25.1 Å². The van der Waals surface area contributed by atoms with Gasteiger partial charge in [-0.1, -0.05) is 0 Å². The van der Waals surface area contributed by atoms with Gasteiger partial charge in [-0.15, -0.1) is 0 Å². The van der Waals surface area contributed by atoms with Crippen molar-refractivity contribution in [2.75, 3.05) is 5.73 Å². The number of imidazole rings is 1. The highest BCUT2D eigenvalue weighted by atomic mass is 19.4. The molecule has 0 unspecified atom stereocenters. The SMILES string of the molecule is CCn1c(-n2ncnc2N)nc2cncc(-c3cc(C(F)(F)F)ccc3F)c21. The number of benzene rings is 1. The molecule has 0 amide bonds. The molecule has 4 rings (SSSR count). The number of hydrogen-bond acceptors (Lipinski definition) is 5. The molecular formula is C17H13F4N7. The minimum atomic E-state index is -4.60. The first-order chi connectivity index (χ1) is 13.3. The van der Waals surface area contributed by atoms with E-state index in [0.29, 0.717) is 29.6 Å². The van der Waals surface area contributed by atoms with Crippen molar-refractivity contribution >= 4 is 17.0 Å². The second-order valence-corrected chi connectivity index (χ2v) is 5.93. The largest absolute Gasteiger partial charge is 0.416 e. The molecule has 3 aromatic heterocycles. The Bertz CT molecular complexity index is 1180. The molecule has 0 spiro atoms. The topological polar surface area (TPSA) is 87.4 Å². The molecule has 4 aromatic rings. The van der Waals surface area contributed by atoms with Crippen molar-refractivity contribution < 1.29 is 17.6 Å². The summed E-state index contributed by atoms with van der Waals surface area (Å²) in [6.07, 6.45) is -0.605. The Morgan fingerprint density at radius 1 is 1.14 bits per heavy atom. The molecule has 28 heavy (non-hydrogen) atoms. The molecule has 3 heterocycles. The van der Waals surface area contributed by atoms with E-state index in [1.807, 2.05) is 6.92 Å². The summed E-state index contributed by atoms with van der Waals surface area (Å²) in [5.74, 6) is -0.410. The van der Waals surface area contributed by atoms with Crippen LogP contribution in [0.3, 0.4) is 0 Å². The Labute approximate surface area is 155 Å². The van der Waals surface area contributed by atoms with E-state index in [4.69, 9.17) is 5.73 Å². The zero-order valence-electron chi connectivity index (χ0n) is 14.4. The number of pyridine rings is 1. The molecule has 0 aliphatic rings. The van der Waals surface area contributed by atoms with E-state index < -0.39 is 17.6 Å². The summed E-state index contributed by atoms with van der Waals surface area (Å²) in [6, 6.07) is 2.26. The molecule has 0 fully saturated rings. The standard InChI is InChI=1S/C17H13F4N7/c1-2-27-14-11(10-5-9(17(19,20)21)3-4-12(10)18)6-23-7-13(14)26-16(27)28-15(22)24-8-25-28/h3-8H,2H2,1H3,(H2,22,24,25). The van der Waals surface area contributed by atoms with Gasteiger partial charge in [0.15, 0.2) is 0 Å².